The van der Waals surface area contributed by atoms with Crippen LogP contribution in [0, 0.1) is 0 Å². The van der Waals surface area contributed by atoms with E-state index in [0.29, 0.717) is 0 Å². The van der Waals surface area contributed by atoms with Gasteiger partial charge in [0, 0.05) is 49.1 Å². The van der Waals surface area contributed by atoms with Crippen LogP contribution in [0.5, 0.6) is 0 Å². The summed E-state index contributed by atoms with van der Waals surface area (Å²) in [6, 6.07) is 4.33. The third-order valence-corrected chi connectivity index (χ3v) is 4.84. The number of hydrogen-bond donors (Lipinski definition) is 1. The van der Waals surface area contributed by atoms with E-state index in [1.165, 1.54) is 10.6 Å². The van der Waals surface area contributed by atoms with E-state index in [-0.39, 0.29) is 0 Å². The number of anilines is 1. The fourth-order valence-electron chi connectivity index (χ4n) is 2.18. The summed E-state index contributed by atoms with van der Waals surface area (Å²) in [5.74, 6) is 1.08. The fraction of sp³-hybridized carbons (Fsp3) is 0.417. The Morgan fingerprint density at radius 1 is 1.33 bits per heavy atom. The zero-order valence-electron chi connectivity index (χ0n) is 10.2. The Morgan fingerprint density at radius 2 is 2.11 bits per heavy atom. The molecule has 3 rings (SSSR count). The lowest BCUT2D eigenvalue weighted by atomic mass is 10.3. The minimum Gasteiger partial charge on any atom is -0.353 e. The average molecular weight is 327 g/mol. The molecule has 0 aliphatic carbocycles. The summed E-state index contributed by atoms with van der Waals surface area (Å²) in [6.45, 7) is 4.14. The smallest absolute Gasteiger partial charge is 0.151 e. The van der Waals surface area contributed by atoms with Crippen LogP contribution < -0.4 is 10.2 Å². The zero-order chi connectivity index (χ0) is 12.5. The zero-order valence-corrected chi connectivity index (χ0v) is 12.6. The molecule has 18 heavy (non-hydrogen) atoms. The van der Waals surface area contributed by atoms with Crippen LogP contribution >= 0.6 is 27.3 Å². The summed E-state index contributed by atoms with van der Waals surface area (Å²) in [7, 11) is 2.01. The number of thiophene rings is 1. The van der Waals surface area contributed by atoms with E-state index in [4.69, 9.17) is 0 Å². The molecule has 0 aromatic carbocycles. The predicted molar refractivity (Wildman–Crippen MR) is 79.3 cm³/mol. The maximum Gasteiger partial charge on any atom is 0.151 e. The molecule has 6 heteroatoms. The molecule has 0 bridgehead atoms. The lowest BCUT2D eigenvalue weighted by Gasteiger charge is -2.26. The van der Waals surface area contributed by atoms with Crippen LogP contribution in [0.15, 0.2) is 22.0 Å². The van der Waals surface area contributed by atoms with Crippen molar-refractivity contribution in [2.24, 2.45) is 7.05 Å². The second-order valence-corrected chi connectivity index (χ2v) is 6.20. The van der Waals surface area contributed by atoms with Crippen LogP contribution in [0.4, 0.5) is 5.82 Å². The maximum atomic E-state index is 4.63. The largest absolute Gasteiger partial charge is 0.353 e. The second kappa shape index (κ2) is 5.03. The van der Waals surface area contributed by atoms with Crippen LogP contribution in [0.2, 0.25) is 0 Å². The van der Waals surface area contributed by atoms with Crippen LogP contribution in [-0.4, -0.2) is 36.0 Å². The van der Waals surface area contributed by atoms with E-state index in [0.717, 1.165) is 36.5 Å². The highest BCUT2D eigenvalue weighted by Gasteiger charge is 2.16. The summed E-state index contributed by atoms with van der Waals surface area (Å²) in [5, 5.41) is 10.1. The van der Waals surface area contributed by atoms with Crippen molar-refractivity contribution in [2.45, 2.75) is 0 Å². The van der Waals surface area contributed by atoms with Gasteiger partial charge in [-0.25, -0.2) is 0 Å². The Kier molecular flexibility index (Phi) is 3.41. The van der Waals surface area contributed by atoms with Gasteiger partial charge in [0.1, 0.15) is 0 Å². The van der Waals surface area contributed by atoms with Crippen molar-refractivity contribution in [3.05, 3.63) is 22.0 Å². The lowest BCUT2D eigenvalue weighted by Crippen LogP contribution is -2.43. The SMILES string of the molecule is Cn1nc(N2CCNCC2)cc1-c1cc(Br)cs1. The number of nitrogens with one attached hydrogen (secondary N) is 1. The van der Waals surface area contributed by atoms with Gasteiger partial charge in [-0.3, -0.25) is 4.68 Å². The highest BCUT2D eigenvalue weighted by Crippen LogP contribution is 2.31. The number of aromatic nitrogens is 2. The van der Waals surface area contributed by atoms with E-state index in [1.807, 2.05) is 11.7 Å². The van der Waals surface area contributed by atoms with Crippen LogP contribution in [0.3, 0.4) is 0 Å². The molecule has 1 N–H and O–H groups in total. The molecule has 0 atom stereocenters. The quantitative estimate of drug-likeness (QED) is 0.919. The Labute approximate surface area is 119 Å². The molecule has 2 aromatic rings. The fourth-order valence-corrected chi connectivity index (χ4v) is 3.65. The summed E-state index contributed by atoms with van der Waals surface area (Å²) in [6.07, 6.45) is 0. The number of nitrogens with zero attached hydrogens (tertiary/aromatic N) is 3. The monoisotopic (exact) mass is 326 g/mol. The van der Waals surface area contributed by atoms with Crippen LogP contribution in [0.1, 0.15) is 0 Å². The highest BCUT2D eigenvalue weighted by atomic mass is 79.9. The number of aryl methyl sites for hydroxylation is 1. The molecule has 96 valence electrons. The minimum atomic E-state index is 1.03. The lowest BCUT2D eigenvalue weighted by molar-refractivity contribution is 0.581. The molecular formula is C12H15BrN4S. The van der Waals surface area contributed by atoms with Crippen molar-refractivity contribution in [3.63, 3.8) is 0 Å². The molecule has 0 unspecified atom stereocenters. The first-order chi connectivity index (χ1) is 8.74. The Morgan fingerprint density at radius 3 is 2.78 bits per heavy atom. The molecule has 1 aliphatic heterocycles. The van der Waals surface area contributed by atoms with Gasteiger partial charge in [0.15, 0.2) is 5.82 Å². The predicted octanol–water partition coefficient (Wildman–Crippen LogP) is 2.32. The first-order valence-electron chi connectivity index (χ1n) is 5.98. The average Bonchev–Trinajstić information content (AvgIpc) is 2.97. The van der Waals surface area contributed by atoms with E-state index in [1.54, 1.807) is 11.3 Å². The van der Waals surface area contributed by atoms with Crippen molar-refractivity contribution < 1.29 is 0 Å². The molecule has 0 spiro atoms. The number of piperazine rings is 1. The van der Waals surface area contributed by atoms with Crippen molar-refractivity contribution >= 4 is 33.1 Å². The molecule has 0 amide bonds. The maximum absolute atomic E-state index is 4.63. The standard InChI is InChI=1S/C12H15BrN4S/c1-16-10(11-6-9(13)8-18-11)7-12(15-16)17-4-2-14-3-5-17/h6-8,14H,2-5H2,1H3. The Bertz CT molecular complexity index is 542. The summed E-state index contributed by atoms with van der Waals surface area (Å²) in [4.78, 5) is 3.58. The van der Waals surface area contributed by atoms with Gasteiger partial charge in [-0.15, -0.1) is 11.3 Å². The van der Waals surface area contributed by atoms with Crippen molar-refractivity contribution in [2.75, 3.05) is 31.1 Å². The Balaban J connectivity index is 1.90. The van der Waals surface area contributed by atoms with Crippen molar-refractivity contribution in [1.29, 1.82) is 0 Å². The van der Waals surface area contributed by atoms with Crippen molar-refractivity contribution in [1.82, 2.24) is 15.1 Å². The van der Waals surface area contributed by atoms with Gasteiger partial charge in [0.2, 0.25) is 0 Å². The van der Waals surface area contributed by atoms with Gasteiger partial charge in [-0.05, 0) is 22.0 Å². The van der Waals surface area contributed by atoms with Gasteiger partial charge in [0.05, 0.1) is 10.6 Å². The Hall–Kier alpha value is -0.850. The molecule has 4 nitrogen and oxygen atoms in total. The third kappa shape index (κ3) is 2.32. The van der Waals surface area contributed by atoms with Gasteiger partial charge in [-0.1, -0.05) is 0 Å². The first-order valence-corrected chi connectivity index (χ1v) is 7.65. The molecule has 1 aliphatic rings. The van der Waals surface area contributed by atoms with E-state index in [9.17, 15) is 0 Å². The normalized spacial score (nSPS) is 16.2. The van der Waals surface area contributed by atoms with Gasteiger partial charge in [0.25, 0.3) is 0 Å². The summed E-state index contributed by atoms with van der Waals surface area (Å²) in [5.41, 5.74) is 1.18. The second-order valence-electron chi connectivity index (χ2n) is 4.38. The van der Waals surface area contributed by atoms with Gasteiger partial charge in [-0.2, -0.15) is 5.10 Å². The van der Waals surface area contributed by atoms with Crippen LogP contribution in [0.25, 0.3) is 10.6 Å². The minimum absolute atomic E-state index is 1.03. The first kappa shape index (κ1) is 12.2. The number of rotatable bonds is 2. The molecule has 1 saturated heterocycles. The molecule has 2 aromatic heterocycles. The van der Waals surface area contributed by atoms with Gasteiger partial charge < -0.3 is 10.2 Å². The molecular weight excluding hydrogens is 312 g/mol. The molecule has 1 fully saturated rings. The number of halogens is 1. The number of hydrogen-bond acceptors (Lipinski definition) is 4. The highest BCUT2D eigenvalue weighted by molar-refractivity contribution is 9.10. The van der Waals surface area contributed by atoms with E-state index in [2.05, 4.69) is 48.8 Å². The van der Waals surface area contributed by atoms with Crippen molar-refractivity contribution in [3.8, 4) is 10.6 Å². The molecule has 0 radical (unpaired) electrons. The molecule has 0 saturated carbocycles. The van der Waals surface area contributed by atoms with E-state index >= 15 is 0 Å². The van der Waals surface area contributed by atoms with Crippen LogP contribution in [-0.2, 0) is 7.05 Å². The third-order valence-electron chi connectivity index (χ3n) is 3.13. The topological polar surface area (TPSA) is 33.1 Å². The summed E-state index contributed by atoms with van der Waals surface area (Å²) >= 11 is 5.24. The van der Waals surface area contributed by atoms with Gasteiger partial charge >= 0.3 is 0 Å². The van der Waals surface area contributed by atoms with E-state index < -0.39 is 0 Å². The summed E-state index contributed by atoms with van der Waals surface area (Å²) < 4.78 is 3.10. The molecule has 3 heterocycles.